The second-order valence-corrected chi connectivity index (χ2v) is 5.75. The Hall–Kier alpha value is -1.35. The molecule has 84 valence electrons. The summed E-state index contributed by atoms with van der Waals surface area (Å²) in [6.45, 7) is 6.63. The molecule has 0 aliphatic carbocycles. The van der Waals surface area contributed by atoms with E-state index < -0.39 is 0 Å². The summed E-state index contributed by atoms with van der Waals surface area (Å²) in [7, 11) is 0. The molecule has 1 aromatic carbocycles. The van der Waals surface area contributed by atoms with E-state index in [1.54, 1.807) is 16.8 Å². The van der Waals surface area contributed by atoms with Crippen LogP contribution in [0.1, 0.15) is 26.3 Å². The van der Waals surface area contributed by atoms with Gasteiger partial charge in [0.2, 0.25) is 0 Å². The topological polar surface area (TPSA) is 38.9 Å². The SMILES string of the molecule is CC(C)(C)c1ccc(-c2scnc2N)cc1. The van der Waals surface area contributed by atoms with E-state index in [1.165, 1.54) is 5.56 Å². The van der Waals surface area contributed by atoms with Crippen molar-refractivity contribution >= 4 is 17.2 Å². The maximum atomic E-state index is 5.80. The third kappa shape index (κ3) is 2.09. The molecule has 1 heterocycles. The van der Waals surface area contributed by atoms with Crippen LogP contribution in [0.3, 0.4) is 0 Å². The molecule has 0 saturated carbocycles. The molecule has 0 atom stereocenters. The Morgan fingerprint density at radius 1 is 1.12 bits per heavy atom. The fourth-order valence-electron chi connectivity index (χ4n) is 1.59. The lowest BCUT2D eigenvalue weighted by molar-refractivity contribution is 0.590. The summed E-state index contributed by atoms with van der Waals surface area (Å²) in [5.41, 5.74) is 10.2. The smallest absolute Gasteiger partial charge is 0.142 e. The summed E-state index contributed by atoms with van der Waals surface area (Å²) in [5, 5.41) is 0. The predicted octanol–water partition coefficient (Wildman–Crippen LogP) is 3.69. The molecule has 16 heavy (non-hydrogen) atoms. The molecule has 0 bridgehead atoms. The van der Waals surface area contributed by atoms with Gasteiger partial charge in [0.15, 0.2) is 0 Å². The maximum absolute atomic E-state index is 5.80. The zero-order valence-electron chi connectivity index (χ0n) is 9.82. The van der Waals surface area contributed by atoms with Gasteiger partial charge in [0.05, 0.1) is 10.4 Å². The molecule has 0 fully saturated rings. The van der Waals surface area contributed by atoms with E-state index in [4.69, 9.17) is 5.73 Å². The van der Waals surface area contributed by atoms with E-state index in [1.807, 2.05) is 0 Å². The number of hydrogen-bond donors (Lipinski definition) is 1. The van der Waals surface area contributed by atoms with E-state index >= 15 is 0 Å². The minimum absolute atomic E-state index is 0.192. The second-order valence-electron chi connectivity index (χ2n) is 4.89. The van der Waals surface area contributed by atoms with Crippen LogP contribution in [0.4, 0.5) is 5.82 Å². The van der Waals surface area contributed by atoms with Gasteiger partial charge in [0, 0.05) is 0 Å². The Morgan fingerprint density at radius 3 is 2.19 bits per heavy atom. The number of nitrogens with zero attached hydrogens (tertiary/aromatic N) is 1. The van der Waals surface area contributed by atoms with Gasteiger partial charge >= 0.3 is 0 Å². The van der Waals surface area contributed by atoms with Crippen molar-refractivity contribution in [3.8, 4) is 10.4 Å². The monoisotopic (exact) mass is 232 g/mol. The number of aromatic nitrogens is 1. The van der Waals surface area contributed by atoms with Crippen LogP contribution in [-0.4, -0.2) is 4.98 Å². The highest BCUT2D eigenvalue weighted by molar-refractivity contribution is 7.13. The zero-order chi connectivity index (χ0) is 11.8. The van der Waals surface area contributed by atoms with Gasteiger partial charge in [-0.15, -0.1) is 11.3 Å². The van der Waals surface area contributed by atoms with E-state index in [2.05, 4.69) is 50.0 Å². The Kier molecular flexibility index (Phi) is 2.72. The number of thiazole rings is 1. The summed E-state index contributed by atoms with van der Waals surface area (Å²) in [6, 6.07) is 8.55. The van der Waals surface area contributed by atoms with Gasteiger partial charge in [-0.05, 0) is 16.5 Å². The molecule has 1 aromatic heterocycles. The fraction of sp³-hybridized carbons (Fsp3) is 0.308. The van der Waals surface area contributed by atoms with Crippen LogP contribution < -0.4 is 5.73 Å². The first kappa shape index (κ1) is 11.1. The summed E-state index contributed by atoms with van der Waals surface area (Å²) in [5.74, 6) is 0.619. The molecule has 0 amide bonds. The summed E-state index contributed by atoms with van der Waals surface area (Å²) >= 11 is 1.58. The lowest BCUT2D eigenvalue weighted by Crippen LogP contribution is -2.10. The minimum Gasteiger partial charge on any atom is -0.382 e. The first-order valence-electron chi connectivity index (χ1n) is 5.28. The van der Waals surface area contributed by atoms with Crippen LogP contribution in [0.5, 0.6) is 0 Å². The normalized spacial score (nSPS) is 11.7. The van der Waals surface area contributed by atoms with Crippen LogP contribution >= 0.6 is 11.3 Å². The molecule has 0 radical (unpaired) electrons. The highest BCUT2D eigenvalue weighted by Crippen LogP contribution is 2.31. The van der Waals surface area contributed by atoms with Crippen LogP contribution in [-0.2, 0) is 5.41 Å². The number of rotatable bonds is 1. The highest BCUT2D eigenvalue weighted by Gasteiger charge is 2.13. The molecular formula is C13H16N2S. The molecule has 2 aromatic rings. The van der Waals surface area contributed by atoms with E-state index in [9.17, 15) is 0 Å². The van der Waals surface area contributed by atoms with Crippen LogP contribution in [0.2, 0.25) is 0 Å². The van der Waals surface area contributed by atoms with Gasteiger partial charge in [-0.3, -0.25) is 0 Å². The number of nitrogen functional groups attached to an aromatic ring is 1. The van der Waals surface area contributed by atoms with Crippen molar-refractivity contribution in [2.24, 2.45) is 0 Å². The van der Waals surface area contributed by atoms with Crippen molar-refractivity contribution in [1.82, 2.24) is 4.98 Å². The average Bonchev–Trinajstić information content (AvgIpc) is 2.63. The van der Waals surface area contributed by atoms with Crippen LogP contribution in [0.15, 0.2) is 29.8 Å². The van der Waals surface area contributed by atoms with E-state index in [-0.39, 0.29) is 5.41 Å². The van der Waals surface area contributed by atoms with Gasteiger partial charge in [-0.25, -0.2) is 4.98 Å². The lowest BCUT2D eigenvalue weighted by atomic mass is 9.86. The Labute approximate surface area is 100 Å². The Balaban J connectivity index is 2.37. The molecule has 0 spiro atoms. The average molecular weight is 232 g/mol. The number of benzene rings is 1. The van der Waals surface area contributed by atoms with Crippen LogP contribution in [0, 0.1) is 0 Å². The highest BCUT2D eigenvalue weighted by atomic mass is 32.1. The van der Waals surface area contributed by atoms with E-state index in [0.29, 0.717) is 5.82 Å². The molecule has 3 heteroatoms. The molecule has 2 N–H and O–H groups in total. The molecule has 2 nitrogen and oxygen atoms in total. The third-order valence-corrected chi connectivity index (χ3v) is 3.50. The number of nitrogens with two attached hydrogens (primary N) is 1. The van der Waals surface area contributed by atoms with Gasteiger partial charge in [-0.1, -0.05) is 45.0 Å². The van der Waals surface area contributed by atoms with Crippen molar-refractivity contribution in [2.75, 3.05) is 5.73 Å². The molecule has 2 rings (SSSR count). The summed E-state index contributed by atoms with van der Waals surface area (Å²) in [6.07, 6.45) is 0. The van der Waals surface area contributed by atoms with Gasteiger partial charge in [0.1, 0.15) is 5.82 Å². The van der Waals surface area contributed by atoms with Crippen LogP contribution in [0.25, 0.3) is 10.4 Å². The van der Waals surface area contributed by atoms with Gasteiger partial charge in [-0.2, -0.15) is 0 Å². The lowest BCUT2D eigenvalue weighted by Gasteiger charge is -2.19. The predicted molar refractivity (Wildman–Crippen MR) is 70.7 cm³/mol. The van der Waals surface area contributed by atoms with Crippen molar-refractivity contribution < 1.29 is 0 Å². The van der Waals surface area contributed by atoms with Crippen molar-refractivity contribution in [3.05, 3.63) is 35.3 Å². The summed E-state index contributed by atoms with van der Waals surface area (Å²) < 4.78 is 0. The summed E-state index contributed by atoms with van der Waals surface area (Å²) in [4.78, 5) is 5.12. The first-order chi connectivity index (χ1) is 7.48. The van der Waals surface area contributed by atoms with Crippen molar-refractivity contribution in [2.45, 2.75) is 26.2 Å². The minimum atomic E-state index is 0.192. The van der Waals surface area contributed by atoms with E-state index in [0.717, 1.165) is 10.4 Å². The molecule has 0 unspecified atom stereocenters. The third-order valence-electron chi connectivity index (χ3n) is 2.61. The van der Waals surface area contributed by atoms with Gasteiger partial charge < -0.3 is 5.73 Å². The van der Waals surface area contributed by atoms with Crippen molar-refractivity contribution in [1.29, 1.82) is 0 Å². The standard InChI is InChI=1S/C13H16N2S/c1-13(2,3)10-6-4-9(5-7-10)11-12(14)15-8-16-11/h4-8H,14H2,1-3H3. The maximum Gasteiger partial charge on any atom is 0.142 e. The largest absolute Gasteiger partial charge is 0.382 e. The van der Waals surface area contributed by atoms with Gasteiger partial charge in [0.25, 0.3) is 0 Å². The second kappa shape index (κ2) is 3.91. The van der Waals surface area contributed by atoms with Crippen molar-refractivity contribution in [3.63, 3.8) is 0 Å². The fourth-order valence-corrected chi connectivity index (χ4v) is 2.31. The molecular weight excluding hydrogens is 216 g/mol. The zero-order valence-corrected chi connectivity index (χ0v) is 10.6. The Bertz CT molecular complexity index is 477. The quantitative estimate of drug-likeness (QED) is 0.814. The molecule has 0 aliphatic heterocycles. The number of hydrogen-bond acceptors (Lipinski definition) is 3. The first-order valence-corrected chi connectivity index (χ1v) is 6.16. The molecule has 0 aliphatic rings. The number of anilines is 1. The Morgan fingerprint density at radius 2 is 1.75 bits per heavy atom. The molecule has 0 saturated heterocycles.